The lowest BCUT2D eigenvalue weighted by Crippen LogP contribution is -2.28. The summed E-state index contributed by atoms with van der Waals surface area (Å²) in [4.78, 5) is 11.1. The molecule has 2 rings (SSSR count). The van der Waals surface area contributed by atoms with Gasteiger partial charge in [-0.3, -0.25) is 4.79 Å². The molecule has 8 heteroatoms. The van der Waals surface area contributed by atoms with Gasteiger partial charge < -0.3 is 14.8 Å². The van der Waals surface area contributed by atoms with Crippen molar-refractivity contribution in [2.45, 2.75) is 18.7 Å². The Morgan fingerprint density at radius 2 is 1.69 bits per heavy atom. The number of carbonyl (C=O) groups excluding carboxylic acids is 1. The van der Waals surface area contributed by atoms with Crippen molar-refractivity contribution in [3.8, 4) is 11.5 Å². The molecule has 2 N–H and O–H groups in total. The molecule has 0 saturated carbocycles. The summed E-state index contributed by atoms with van der Waals surface area (Å²) in [7, 11) is -3.64. The van der Waals surface area contributed by atoms with Crippen LogP contribution in [0.25, 0.3) is 0 Å². The zero-order valence-electron chi connectivity index (χ0n) is 14.7. The summed E-state index contributed by atoms with van der Waals surface area (Å²) in [5.41, 5.74) is 0.536. The average Bonchev–Trinajstić information content (AvgIpc) is 2.59. The van der Waals surface area contributed by atoms with E-state index in [4.69, 9.17) is 9.47 Å². The van der Waals surface area contributed by atoms with Gasteiger partial charge in [-0.05, 0) is 43.3 Å². The van der Waals surface area contributed by atoms with Crippen LogP contribution in [-0.4, -0.2) is 34.1 Å². The molecule has 0 aromatic heterocycles. The van der Waals surface area contributed by atoms with Crippen LogP contribution in [0.4, 0.5) is 5.69 Å². The van der Waals surface area contributed by atoms with Crippen molar-refractivity contribution in [2.24, 2.45) is 0 Å². The third-order valence-corrected chi connectivity index (χ3v) is 4.74. The normalized spacial score (nSPS) is 11.0. The molecule has 0 unspecified atom stereocenters. The summed E-state index contributed by atoms with van der Waals surface area (Å²) in [6.45, 7) is 4.14. The topological polar surface area (TPSA) is 93.7 Å². The van der Waals surface area contributed by atoms with Crippen LogP contribution in [0.15, 0.2) is 53.4 Å². The first-order chi connectivity index (χ1) is 12.4. The molecule has 7 nitrogen and oxygen atoms in total. The molecular formula is C18H22N2O5S. The molecule has 0 aliphatic carbocycles. The lowest BCUT2D eigenvalue weighted by atomic mass is 10.3. The predicted molar refractivity (Wildman–Crippen MR) is 99.0 cm³/mol. The van der Waals surface area contributed by atoms with E-state index in [2.05, 4.69) is 10.0 Å². The Labute approximate surface area is 153 Å². The molecule has 0 aliphatic heterocycles. The molecule has 0 aliphatic rings. The largest absolute Gasteiger partial charge is 0.494 e. The van der Waals surface area contributed by atoms with Crippen molar-refractivity contribution in [3.05, 3.63) is 48.5 Å². The Kier molecular flexibility index (Phi) is 6.99. The van der Waals surface area contributed by atoms with Crippen LogP contribution in [0.3, 0.4) is 0 Å². The maximum atomic E-state index is 12.2. The summed E-state index contributed by atoms with van der Waals surface area (Å²) < 4.78 is 37.9. The number of rotatable bonds is 9. The molecule has 0 heterocycles. The molecule has 2 aromatic rings. The van der Waals surface area contributed by atoms with Crippen molar-refractivity contribution < 1.29 is 22.7 Å². The fraction of sp³-hybridized carbons (Fsp3) is 0.278. The van der Waals surface area contributed by atoms with E-state index < -0.39 is 10.0 Å². The van der Waals surface area contributed by atoms with E-state index in [1.54, 1.807) is 18.2 Å². The zero-order chi connectivity index (χ0) is 19.0. The monoisotopic (exact) mass is 378 g/mol. The average molecular weight is 378 g/mol. The van der Waals surface area contributed by atoms with Crippen LogP contribution in [-0.2, 0) is 14.8 Å². The minimum atomic E-state index is -3.64. The van der Waals surface area contributed by atoms with Crippen LogP contribution < -0.4 is 19.5 Å². The molecule has 0 bridgehead atoms. The van der Waals surface area contributed by atoms with Crippen molar-refractivity contribution >= 4 is 21.6 Å². The molecule has 0 radical (unpaired) electrons. The van der Waals surface area contributed by atoms with Crippen LogP contribution in [0, 0.1) is 0 Å². The Balaban J connectivity index is 1.86. The summed E-state index contributed by atoms with van der Waals surface area (Å²) >= 11 is 0. The standard InChI is InChI=1S/C18H22N2O5S/c1-3-24-16-5-4-6-17(13-16)25-12-11-19-26(22,23)18-9-7-15(8-10-18)20-14(2)21/h4-10,13,19H,3,11-12H2,1-2H3,(H,20,21). The van der Waals surface area contributed by atoms with Crippen LogP contribution >= 0.6 is 0 Å². The van der Waals surface area contributed by atoms with E-state index in [0.717, 1.165) is 0 Å². The third-order valence-electron chi connectivity index (χ3n) is 3.26. The van der Waals surface area contributed by atoms with Gasteiger partial charge in [0.05, 0.1) is 11.5 Å². The van der Waals surface area contributed by atoms with Gasteiger partial charge in [0, 0.05) is 25.2 Å². The molecule has 26 heavy (non-hydrogen) atoms. The highest BCUT2D eigenvalue weighted by Gasteiger charge is 2.13. The molecular weight excluding hydrogens is 356 g/mol. The second-order valence-electron chi connectivity index (χ2n) is 5.36. The number of benzene rings is 2. The number of carbonyl (C=O) groups is 1. The number of anilines is 1. The number of hydrogen-bond donors (Lipinski definition) is 2. The maximum Gasteiger partial charge on any atom is 0.240 e. The molecule has 0 spiro atoms. The van der Waals surface area contributed by atoms with Gasteiger partial charge in [0.25, 0.3) is 0 Å². The SMILES string of the molecule is CCOc1cccc(OCCNS(=O)(=O)c2ccc(NC(C)=O)cc2)c1. The maximum absolute atomic E-state index is 12.2. The number of sulfonamides is 1. The number of ether oxygens (including phenoxy) is 2. The van der Waals surface area contributed by atoms with Crippen molar-refractivity contribution in [3.63, 3.8) is 0 Å². The van der Waals surface area contributed by atoms with E-state index in [9.17, 15) is 13.2 Å². The van der Waals surface area contributed by atoms with E-state index in [1.165, 1.54) is 31.2 Å². The Bertz CT molecular complexity index is 835. The van der Waals surface area contributed by atoms with Gasteiger partial charge in [0.1, 0.15) is 18.1 Å². The van der Waals surface area contributed by atoms with Gasteiger partial charge in [0.15, 0.2) is 0 Å². The quantitative estimate of drug-likeness (QED) is 0.654. The van der Waals surface area contributed by atoms with E-state index in [-0.39, 0.29) is 24.0 Å². The fourth-order valence-corrected chi connectivity index (χ4v) is 3.18. The van der Waals surface area contributed by atoms with E-state index in [0.29, 0.717) is 23.8 Å². The Morgan fingerprint density at radius 3 is 2.31 bits per heavy atom. The smallest absolute Gasteiger partial charge is 0.240 e. The summed E-state index contributed by atoms with van der Waals surface area (Å²) in [6, 6.07) is 13.1. The lowest BCUT2D eigenvalue weighted by molar-refractivity contribution is -0.114. The first-order valence-corrected chi connectivity index (χ1v) is 9.62. The highest BCUT2D eigenvalue weighted by molar-refractivity contribution is 7.89. The Morgan fingerprint density at radius 1 is 1.04 bits per heavy atom. The van der Waals surface area contributed by atoms with Crippen molar-refractivity contribution in [1.82, 2.24) is 4.72 Å². The number of nitrogens with one attached hydrogen (secondary N) is 2. The van der Waals surface area contributed by atoms with Crippen LogP contribution in [0.5, 0.6) is 11.5 Å². The molecule has 1 amide bonds. The van der Waals surface area contributed by atoms with Gasteiger partial charge in [-0.2, -0.15) is 0 Å². The second-order valence-corrected chi connectivity index (χ2v) is 7.13. The molecule has 0 saturated heterocycles. The second kappa shape index (κ2) is 9.21. The van der Waals surface area contributed by atoms with Gasteiger partial charge in [-0.1, -0.05) is 6.07 Å². The minimum absolute atomic E-state index is 0.116. The van der Waals surface area contributed by atoms with Crippen LogP contribution in [0.2, 0.25) is 0 Å². The Hall–Kier alpha value is -2.58. The number of hydrogen-bond acceptors (Lipinski definition) is 5. The molecule has 140 valence electrons. The van der Waals surface area contributed by atoms with Gasteiger partial charge in [0.2, 0.25) is 15.9 Å². The van der Waals surface area contributed by atoms with Gasteiger partial charge in [-0.25, -0.2) is 13.1 Å². The van der Waals surface area contributed by atoms with Crippen molar-refractivity contribution in [1.29, 1.82) is 0 Å². The van der Waals surface area contributed by atoms with E-state index in [1.807, 2.05) is 13.0 Å². The fourth-order valence-electron chi connectivity index (χ4n) is 2.17. The van der Waals surface area contributed by atoms with Crippen molar-refractivity contribution in [2.75, 3.05) is 25.1 Å². The van der Waals surface area contributed by atoms with E-state index >= 15 is 0 Å². The predicted octanol–water partition coefficient (Wildman–Crippen LogP) is 2.40. The van der Waals surface area contributed by atoms with Gasteiger partial charge >= 0.3 is 0 Å². The van der Waals surface area contributed by atoms with Gasteiger partial charge in [-0.15, -0.1) is 0 Å². The summed E-state index contributed by atoms with van der Waals surface area (Å²) in [6.07, 6.45) is 0. The lowest BCUT2D eigenvalue weighted by Gasteiger charge is -2.10. The summed E-state index contributed by atoms with van der Waals surface area (Å²) in [5.74, 6) is 1.09. The summed E-state index contributed by atoms with van der Waals surface area (Å²) in [5, 5.41) is 2.58. The first-order valence-electron chi connectivity index (χ1n) is 8.13. The minimum Gasteiger partial charge on any atom is -0.494 e. The highest BCUT2D eigenvalue weighted by atomic mass is 32.2. The highest BCUT2D eigenvalue weighted by Crippen LogP contribution is 2.19. The third kappa shape index (κ3) is 6.05. The molecule has 0 atom stereocenters. The zero-order valence-corrected chi connectivity index (χ0v) is 15.5. The van der Waals surface area contributed by atoms with Crippen LogP contribution in [0.1, 0.15) is 13.8 Å². The number of amides is 1. The first kappa shape index (κ1) is 19.7. The molecule has 0 fully saturated rings. The molecule has 2 aromatic carbocycles.